The van der Waals surface area contributed by atoms with E-state index >= 15 is 0 Å². The van der Waals surface area contributed by atoms with Crippen LogP contribution in [0.25, 0.3) is 0 Å². The van der Waals surface area contributed by atoms with E-state index < -0.39 is 0 Å². The lowest BCUT2D eigenvalue weighted by molar-refractivity contribution is 0.489. The second-order valence-corrected chi connectivity index (χ2v) is 4.87. The third kappa shape index (κ3) is 4.54. The predicted octanol–water partition coefficient (Wildman–Crippen LogP) is 2.96. The molecule has 0 bridgehead atoms. The molecule has 3 nitrogen and oxygen atoms in total. The number of hydrogen-bond acceptors (Lipinski definition) is 2. The van der Waals surface area contributed by atoms with Crippen LogP contribution in [0.4, 0.5) is 0 Å². The Morgan fingerprint density at radius 3 is 2.75 bits per heavy atom. The summed E-state index contributed by atoms with van der Waals surface area (Å²) in [6.07, 6.45) is 4.22. The molecular weight excluding hydrogens is 222 g/mol. The smallest absolute Gasteiger partial charge is 0.0762 e. The SMILES string of the molecule is CC(CCCCl)NCc1ccn(C(C)C)n1. The van der Waals surface area contributed by atoms with Crippen LogP contribution in [-0.4, -0.2) is 21.7 Å². The van der Waals surface area contributed by atoms with E-state index in [1.807, 2.05) is 10.9 Å². The van der Waals surface area contributed by atoms with Crippen LogP contribution in [0.2, 0.25) is 0 Å². The van der Waals surface area contributed by atoms with E-state index in [1.165, 1.54) is 0 Å². The van der Waals surface area contributed by atoms with Gasteiger partial charge in [0.2, 0.25) is 0 Å². The van der Waals surface area contributed by atoms with E-state index in [4.69, 9.17) is 11.6 Å². The Morgan fingerprint density at radius 1 is 1.44 bits per heavy atom. The minimum Gasteiger partial charge on any atom is -0.309 e. The first-order chi connectivity index (χ1) is 7.63. The second kappa shape index (κ2) is 6.92. The molecule has 0 amide bonds. The largest absolute Gasteiger partial charge is 0.309 e. The summed E-state index contributed by atoms with van der Waals surface area (Å²) in [5.41, 5.74) is 1.10. The summed E-state index contributed by atoms with van der Waals surface area (Å²) in [4.78, 5) is 0. The number of alkyl halides is 1. The van der Waals surface area contributed by atoms with E-state index in [0.717, 1.165) is 31.0 Å². The highest BCUT2D eigenvalue weighted by Crippen LogP contribution is 2.05. The fourth-order valence-corrected chi connectivity index (χ4v) is 1.68. The van der Waals surface area contributed by atoms with Gasteiger partial charge < -0.3 is 5.32 Å². The summed E-state index contributed by atoms with van der Waals surface area (Å²) in [7, 11) is 0. The van der Waals surface area contributed by atoms with Crippen molar-refractivity contribution in [2.75, 3.05) is 5.88 Å². The molecule has 1 N–H and O–H groups in total. The average Bonchev–Trinajstić information content (AvgIpc) is 2.72. The van der Waals surface area contributed by atoms with Gasteiger partial charge in [-0.25, -0.2) is 0 Å². The fraction of sp³-hybridized carbons (Fsp3) is 0.750. The molecule has 92 valence electrons. The first-order valence-corrected chi connectivity index (χ1v) is 6.50. The Morgan fingerprint density at radius 2 is 2.19 bits per heavy atom. The zero-order valence-electron chi connectivity index (χ0n) is 10.4. The molecule has 0 saturated heterocycles. The molecule has 0 aliphatic heterocycles. The van der Waals surface area contributed by atoms with Crippen LogP contribution >= 0.6 is 11.6 Å². The molecular formula is C12H22ClN3. The van der Waals surface area contributed by atoms with Gasteiger partial charge in [-0.1, -0.05) is 0 Å². The predicted molar refractivity (Wildman–Crippen MR) is 68.9 cm³/mol. The van der Waals surface area contributed by atoms with Gasteiger partial charge in [0.25, 0.3) is 0 Å². The van der Waals surface area contributed by atoms with E-state index in [-0.39, 0.29) is 0 Å². The number of nitrogens with zero attached hydrogens (tertiary/aromatic N) is 2. The van der Waals surface area contributed by atoms with Gasteiger partial charge in [0.05, 0.1) is 5.69 Å². The lowest BCUT2D eigenvalue weighted by atomic mass is 10.2. The van der Waals surface area contributed by atoms with Crippen molar-refractivity contribution in [3.05, 3.63) is 18.0 Å². The van der Waals surface area contributed by atoms with Gasteiger partial charge in [0.15, 0.2) is 0 Å². The number of halogens is 1. The first kappa shape index (κ1) is 13.5. The van der Waals surface area contributed by atoms with Crippen LogP contribution in [0.15, 0.2) is 12.3 Å². The Kier molecular flexibility index (Phi) is 5.85. The fourth-order valence-electron chi connectivity index (χ4n) is 1.52. The van der Waals surface area contributed by atoms with Gasteiger partial charge in [0.1, 0.15) is 0 Å². The molecule has 4 heteroatoms. The van der Waals surface area contributed by atoms with E-state index in [0.29, 0.717) is 12.1 Å². The van der Waals surface area contributed by atoms with Crippen LogP contribution < -0.4 is 5.32 Å². The molecule has 1 aromatic heterocycles. The van der Waals surface area contributed by atoms with Gasteiger partial charge >= 0.3 is 0 Å². The van der Waals surface area contributed by atoms with Crippen LogP contribution in [-0.2, 0) is 6.54 Å². The molecule has 0 spiro atoms. The van der Waals surface area contributed by atoms with E-state index in [9.17, 15) is 0 Å². The minimum atomic E-state index is 0.433. The van der Waals surface area contributed by atoms with Crippen molar-refractivity contribution in [2.45, 2.75) is 52.2 Å². The number of nitrogens with one attached hydrogen (secondary N) is 1. The van der Waals surface area contributed by atoms with Crippen LogP contribution in [0.3, 0.4) is 0 Å². The van der Waals surface area contributed by atoms with Gasteiger partial charge in [-0.3, -0.25) is 4.68 Å². The summed E-state index contributed by atoms with van der Waals surface area (Å²) in [5, 5.41) is 7.94. The minimum absolute atomic E-state index is 0.433. The Labute approximate surface area is 103 Å². The van der Waals surface area contributed by atoms with Gasteiger partial charge in [-0.15, -0.1) is 11.6 Å². The maximum absolute atomic E-state index is 5.66. The highest BCUT2D eigenvalue weighted by atomic mass is 35.5. The Balaban J connectivity index is 2.31. The standard InChI is InChI=1S/C12H22ClN3/c1-10(2)16-8-6-12(15-16)9-14-11(3)5-4-7-13/h6,8,10-11,14H,4-5,7,9H2,1-3H3. The summed E-state index contributed by atoms with van der Waals surface area (Å²) >= 11 is 5.66. The molecule has 1 rings (SSSR count). The lowest BCUT2D eigenvalue weighted by Gasteiger charge is -2.11. The highest BCUT2D eigenvalue weighted by Gasteiger charge is 2.04. The van der Waals surface area contributed by atoms with Crippen molar-refractivity contribution in [1.29, 1.82) is 0 Å². The van der Waals surface area contributed by atoms with Crippen molar-refractivity contribution in [3.63, 3.8) is 0 Å². The highest BCUT2D eigenvalue weighted by molar-refractivity contribution is 6.17. The van der Waals surface area contributed by atoms with Crippen LogP contribution in [0, 0.1) is 0 Å². The second-order valence-electron chi connectivity index (χ2n) is 4.49. The maximum Gasteiger partial charge on any atom is 0.0762 e. The lowest BCUT2D eigenvalue weighted by Crippen LogP contribution is -2.25. The van der Waals surface area contributed by atoms with Crippen molar-refractivity contribution >= 4 is 11.6 Å². The van der Waals surface area contributed by atoms with Crippen LogP contribution in [0.5, 0.6) is 0 Å². The molecule has 0 aliphatic carbocycles. The van der Waals surface area contributed by atoms with Crippen molar-refractivity contribution in [3.8, 4) is 0 Å². The summed E-state index contributed by atoms with van der Waals surface area (Å²) < 4.78 is 1.99. The normalized spacial score (nSPS) is 13.3. The van der Waals surface area contributed by atoms with Gasteiger partial charge in [0, 0.05) is 30.7 Å². The number of aromatic nitrogens is 2. The zero-order chi connectivity index (χ0) is 12.0. The molecule has 1 aromatic rings. The molecule has 1 atom stereocenters. The maximum atomic E-state index is 5.66. The average molecular weight is 244 g/mol. The first-order valence-electron chi connectivity index (χ1n) is 5.97. The van der Waals surface area contributed by atoms with Crippen LogP contribution in [0.1, 0.15) is 45.3 Å². The molecule has 0 saturated carbocycles. The molecule has 1 heterocycles. The monoisotopic (exact) mass is 243 g/mol. The van der Waals surface area contributed by atoms with E-state index in [1.54, 1.807) is 0 Å². The topological polar surface area (TPSA) is 29.9 Å². The van der Waals surface area contributed by atoms with Gasteiger partial charge in [-0.05, 0) is 39.7 Å². The summed E-state index contributed by atoms with van der Waals surface area (Å²) in [6, 6.07) is 3.01. The number of rotatable bonds is 7. The van der Waals surface area contributed by atoms with Gasteiger partial charge in [-0.2, -0.15) is 5.10 Å². The molecule has 0 radical (unpaired) electrons. The Hall–Kier alpha value is -0.540. The quantitative estimate of drug-likeness (QED) is 0.747. The summed E-state index contributed by atoms with van der Waals surface area (Å²) in [6.45, 7) is 7.29. The third-order valence-corrected chi connectivity index (χ3v) is 2.86. The Bertz CT molecular complexity index is 296. The molecule has 0 aliphatic rings. The number of hydrogen-bond donors (Lipinski definition) is 1. The molecule has 16 heavy (non-hydrogen) atoms. The third-order valence-electron chi connectivity index (χ3n) is 2.60. The van der Waals surface area contributed by atoms with Crippen molar-refractivity contribution < 1.29 is 0 Å². The molecule has 0 aromatic carbocycles. The zero-order valence-corrected chi connectivity index (χ0v) is 11.2. The van der Waals surface area contributed by atoms with Crippen molar-refractivity contribution in [2.24, 2.45) is 0 Å². The molecule has 0 fully saturated rings. The molecule has 1 unspecified atom stereocenters. The summed E-state index contributed by atoms with van der Waals surface area (Å²) in [5.74, 6) is 0.744. The van der Waals surface area contributed by atoms with E-state index in [2.05, 4.69) is 37.3 Å². The van der Waals surface area contributed by atoms with Crippen molar-refractivity contribution in [1.82, 2.24) is 15.1 Å².